The maximum Gasteiger partial charge on any atom is 0.236 e. The van der Waals surface area contributed by atoms with Crippen LogP contribution in [0.4, 0.5) is 0 Å². The van der Waals surface area contributed by atoms with E-state index in [2.05, 4.69) is 12.1 Å². The van der Waals surface area contributed by atoms with Crippen LogP contribution in [0.5, 0.6) is 0 Å². The van der Waals surface area contributed by atoms with Crippen molar-refractivity contribution in [2.45, 2.75) is 18.2 Å². The van der Waals surface area contributed by atoms with Crippen molar-refractivity contribution in [1.82, 2.24) is 9.80 Å². The molecule has 6 nitrogen and oxygen atoms in total. The quantitative estimate of drug-likeness (QED) is 0.770. The van der Waals surface area contributed by atoms with Gasteiger partial charge in [-0.1, -0.05) is 12.1 Å². The standard InChI is InChI=1S/C14H13N5O/c15-5-9-1-3-10(4-2-9)14(18-7-11(18)6-16)19-8-12(19)13(17)20/h1-4,11-12,14H,7-8H2,(H2,17,20). The summed E-state index contributed by atoms with van der Waals surface area (Å²) < 4.78 is 0. The molecule has 0 radical (unpaired) electrons. The highest BCUT2D eigenvalue weighted by atomic mass is 16.1. The Morgan fingerprint density at radius 2 is 1.95 bits per heavy atom. The van der Waals surface area contributed by atoms with Crippen LogP contribution in [-0.2, 0) is 4.79 Å². The Hall–Kier alpha value is -2.41. The van der Waals surface area contributed by atoms with Gasteiger partial charge in [-0.3, -0.25) is 14.6 Å². The van der Waals surface area contributed by atoms with Gasteiger partial charge in [-0.05, 0) is 17.7 Å². The predicted octanol–water partition coefficient (Wildman–Crippen LogP) is -0.0658. The Balaban J connectivity index is 1.85. The molecule has 6 heteroatoms. The number of amides is 1. The molecule has 0 saturated carbocycles. The van der Waals surface area contributed by atoms with Gasteiger partial charge in [0.25, 0.3) is 0 Å². The lowest BCUT2D eigenvalue weighted by Crippen LogP contribution is -2.27. The van der Waals surface area contributed by atoms with E-state index in [1.807, 2.05) is 21.9 Å². The second-order valence-corrected chi connectivity index (χ2v) is 5.06. The molecule has 3 rings (SSSR count). The summed E-state index contributed by atoms with van der Waals surface area (Å²) in [6, 6.07) is 11.2. The first-order valence-electron chi connectivity index (χ1n) is 6.36. The number of rotatable bonds is 4. The Morgan fingerprint density at radius 3 is 2.40 bits per heavy atom. The third-order valence-corrected chi connectivity index (χ3v) is 3.74. The van der Waals surface area contributed by atoms with Gasteiger partial charge in [-0.15, -0.1) is 0 Å². The second kappa shape index (κ2) is 4.61. The molecular weight excluding hydrogens is 254 g/mol. The van der Waals surface area contributed by atoms with Gasteiger partial charge in [-0.2, -0.15) is 10.5 Å². The van der Waals surface area contributed by atoms with Crippen LogP contribution in [0.25, 0.3) is 0 Å². The lowest BCUT2D eigenvalue weighted by atomic mass is 10.1. The Morgan fingerprint density at radius 1 is 1.25 bits per heavy atom. The van der Waals surface area contributed by atoms with E-state index in [4.69, 9.17) is 16.3 Å². The van der Waals surface area contributed by atoms with E-state index in [1.54, 1.807) is 12.1 Å². The van der Waals surface area contributed by atoms with E-state index < -0.39 is 0 Å². The largest absolute Gasteiger partial charge is 0.368 e. The number of nitriles is 2. The monoisotopic (exact) mass is 267 g/mol. The van der Waals surface area contributed by atoms with Crippen molar-refractivity contribution in [1.29, 1.82) is 10.5 Å². The fourth-order valence-electron chi connectivity index (χ4n) is 2.52. The van der Waals surface area contributed by atoms with E-state index >= 15 is 0 Å². The average Bonchev–Trinajstić information content (AvgIpc) is 3.34. The zero-order chi connectivity index (χ0) is 14.3. The predicted molar refractivity (Wildman–Crippen MR) is 69.7 cm³/mol. The normalized spacial score (nSPS) is 31.7. The van der Waals surface area contributed by atoms with Gasteiger partial charge >= 0.3 is 0 Å². The molecule has 2 saturated heterocycles. The zero-order valence-electron chi connectivity index (χ0n) is 10.7. The summed E-state index contributed by atoms with van der Waals surface area (Å²) in [4.78, 5) is 15.2. The fourth-order valence-corrected chi connectivity index (χ4v) is 2.52. The molecule has 0 aromatic heterocycles. The number of carbonyl (C=O) groups excluding carboxylic acids is 1. The van der Waals surface area contributed by atoms with Crippen molar-refractivity contribution < 1.29 is 4.79 Å². The van der Waals surface area contributed by atoms with Gasteiger partial charge in [0.1, 0.15) is 12.1 Å². The average molecular weight is 267 g/mol. The lowest BCUT2D eigenvalue weighted by Gasteiger charge is -2.21. The SMILES string of the molecule is N#Cc1ccc(C(N2CC2C#N)N2CC2C(N)=O)cc1. The number of primary amides is 1. The van der Waals surface area contributed by atoms with E-state index in [-0.39, 0.29) is 24.2 Å². The number of hydrogen-bond acceptors (Lipinski definition) is 5. The summed E-state index contributed by atoms with van der Waals surface area (Å²) in [7, 11) is 0. The number of nitrogens with zero attached hydrogens (tertiary/aromatic N) is 4. The highest BCUT2D eigenvalue weighted by Gasteiger charge is 2.52. The molecule has 0 aliphatic carbocycles. The number of carbonyl (C=O) groups is 1. The lowest BCUT2D eigenvalue weighted by molar-refractivity contribution is -0.118. The summed E-state index contributed by atoms with van der Waals surface area (Å²) in [6.45, 7) is 1.32. The first-order valence-corrected chi connectivity index (χ1v) is 6.36. The minimum absolute atomic E-state index is 0.107. The van der Waals surface area contributed by atoms with Gasteiger partial charge < -0.3 is 5.73 Å². The molecular formula is C14H13N5O. The minimum Gasteiger partial charge on any atom is -0.368 e. The van der Waals surface area contributed by atoms with E-state index in [0.29, 0.717) is 18.7 Å². The molecule has 2 heterocycles. The molecule has 5 atom stereocenters. The first-order chi connectivity index (χ1) is 9.65. The van der Waals surface area contributed by atoms with Crippen molar-refractivity contribution in [2.24, 2.45) is 5.73 Å². The second-order valence-electron chi connectivity index (χ2n) is 5.06. The van der Waals surface area contributed by atoms with Gasteiger partial charge in [0.05, 0.1) is 23.9 Å². The molecule has 1 aromatic rings. The van der Waals surface area contributed by atoms with Crippen LogP contribution >= 0.6 is 0 Å². The van der Waals surface area contributed by atoms with Crippen LogP contribution in [0.2, 0.25) is 0 Å². The van der Waals surface area contributed by atoms with Crippen molar-refractivity contribution in [3.05, 3.63) is 35.4 Å². The summed E-state index contributed by atoms with van der Waals surface area (Å²) in [6.07, 6.45) is -0.107. The highest BCUT2D eigenvalue weighted by Crippen LogP contribution is 2.40. The van der Waals surface area contributed by atoms with Gasteiger partial charge in [0, 0.05) is 13.1 Å². The number of hydrogen-bond donors (Lipinski definition) is 1. The van der Waals surface area contributed by atoms with E-state index in [9.17, 15) is 4.79 Å². The van der Waals surface area contributed by atoms with Crippen molar-refractivity contribution in [2.75, 3.05) is 13.1 Å². The van der Waals surface area contributed by atoms with Crippen LogP contribution in [0, 0.1) is 22.7 Å². The molecule has 2 aliphatic heterocycles. The van der Waals surface area contributed by atoms with Gasteiger partial charge in [0.2, 0.25) is 5.91 Å². The van der Waals surface area contributed by atoms with E-state index in [1.165, 1.54) is 0 Å². The molecule has 0 bridgehead atoms. The highest BCUT2D eigenvalue weighted by molar-refractivity contribution is 5.83. The van der Waals surface area contributed by atoms with Crippen molar-refractivity contribution >= 4 is 5.91 Å². The molecule has 1 aromatic carbocycles. The van der Waals surface area contributed by atoms with Gasteiger partial charge in [-0.25, -0.2) is 0 Å². The Labute approximate surface area is 116 Å². The summed E-state index contributed by atoms with van der Waals surface area (Å²) in [5, 5.41) is 17.8. The van der Waals surface area contributed by atoms with Crippen molar-refractivity contribution in [3.8, 4) is 12.1 Å². The first kappa shape index (κ1) is 12.6. The van der Waals surface area contributed by atoms with Gasteiger partial charge in [0.15, 0.2) is 0 Å². The topological polar surface area (TPSA) is 96.7 Å². The molecule has 2 aliphatic rings. The fraction of sp³-hybridized carbons (Fsp3) is 0.357. The molecule has 0 spiro atoms. The molecule has 1 amide bonds. The summed E-state index contributed by atoms with van der Waals surface area (Å²) in [5.41, 5.74) is 6.90. The summed E-state index contributed by atoms with van der Waals surface area (Å²) in [5.74, 6) is -0.334. The van der Waals surface area contributed by atoms with E-state index in [0.717, 1.165) is 5.56 Å². The number of nitrogens with two attached hydrogens (primary N) is 1. The Bertz CT molecular complexity index is 626. The summed E-state index contributed by atoms with van der Waals surface area (Å²) >= 11 is 0. The third-order valence-electron chi connectivity index (χ3n) is 3.74. The molecule has 2 N–H and O–H groups in total. The molecule has 2 fully saturated rings. The maximum absolute atomic E-state index is 11.3. The van der Waals surface area contributed by atoms with Crippen LogP contribution in [0.3, 0.4) is 0 Å². The third kappa shape index (κ3) is 2.12. The van der Waals surface area contributed by atoms with Crippen LogP contribution in [0.15, 0.2) is 24.3 Å². The molecule has 20 heavy (non-hydrogen) atoms. The van der Waals surface area contributed by atoms with Crippen molar-refractivity contribution in [3.63, 3.8) is 0 Å². The molecule has 5 unspecified atom stereocenters. The van der Waals surface area contributed by atoms with Crippen LogP contribution in [0.1, 0.15) is 17.3 Å². The molecule has 100 valence electrons. The smallest absolute Gasteiger partial charge is 0.236 e. The van der Waals surface area contributed by atoms with Crippen LogP contribution < -0.4 is 5.73 Å². The minimum atomic E-state index is -0.334. The number of benzene rings is 1. The van der Waals surface area contributed by atoms with Crippen LogP contribution in [-0.4, -0.2) is 40.9 Å². The Kier molecular flexibility index (Phi) is 2.90. The maximum atomic E-state index is 11.3. The zero-order valence-corrected chi connectivity index (χ0v) is 10.7.